The first-order valence-electron chi connectivity index (χ1n) is 9.51. The molecule has 3 fully saturated rings. The van der Waals surface area contributed by atoms with Crippen LogP contribution in [0, 0.1) is 6.92 Å². The highest BCUT2D eigenvalue weighted by Crippen LogP contribution is 2.36. The number of carboxylic acid groups (broad SMARTS) is 1. The molecule has 4 rings (SSSR count). The van der Waals surface area contributed by atoms with E-state index in [4.69, 9.17) is 14.6 Å². The van der Waals surface area contributed by atoms with E-state index in [1.54, 1.807) is 11.3 Å². The van der Waals surface area contributed by atoms with Gasteiger partial charge in [-0.05, 0) is 26.2 Å². The van der Waals surface area contributed by atoms with E-state index in [1.807, 2.05) is 6.92 Å². The van der Waals surface area contributed by atoms with Gasteiger partial charge in [0.1, 0.15) is 0 Å². The summed E-state index contributed by atoms with van der Waals surface area (Å²) in [6.07, 6.45) is -1.06. The maximum Gasteiger partial charge on any atom is 0.490 e. The summed E-state index contributed by atoms with van der Waals surface area (Å²) in [5, 5.41) is 10.3. The summed E-state index contributed by atoms with van der Waals surface area (Å²) in [6.45, 7) is 5.57. The number of amides is 1. The summed E-state index contributed by atoms with van der Waals surface area (Å²) in [5.74, 6) is -2.45. The van der Waals surface area contributed by atoms with Crippen LogP contribution in [-0.2, 0) is 20.9 Å². The number of aromatic nitrogens is 1. The largest absolute Gasteiger partial charge is 0.490 e. The molecule has 3 saturated heterocycles. The quantitative estimate of drug-likeness (QED) is 0.785. The van der Waals surface area contributed by atoms with Crippen molar-refractivity contribution in [2.75, 3.05) is 19.8 Å². The van der Waals surface area contributed by atoms with Crippen LogP contribution in [0.3, 0.4) is 0 Å². The Bertz CT molecular complexity index is 736. The normalized spacial score (nSPS) is 25.7. The second-order valence-electron chi connectivity index (χ2n) is 7.39. The SMILES string of the molecule is Cc1nc(CN2C(=O)C[C@H]3[C@H]2CCN3C2CCOCC2)cs1.O=C(O)C(F)(F)F. The standard InChI is InChI=1S/C16H23N3O2S.C2HF3O2/c1-11-17-12(10-22-11)9-19-14-2-5-18(15(14)8-16(19)20)13-3-6-21-7-4-13;3-2(4,5)1(6)7/h10,13-15H,2-9H2,1H3;(H,6,7)/t14-,15+;/m1./s1. The molecule has 0 bridgehead atoms. The second kappa shape index (κ2) is 8.97. The first kappa shape index (κ1) is 22.0. The molecular weight excluding hydrogens is 411 g/mol. The lowest BCUT2D eigenvalue weighted by Gasteiger charge is -2.34. The van der Waals surface area contributed by atoms with Gasteiger partial charge in [-0.25, -0.2) is 9.78 Å². The summed E-state index contributed by atoms with van der Waals surface area (Å²) >= 11 is 1.66. The zero-order chi connectivity index (χ0) is 21.2. The van der Waals surface area contributed by atoms with Crippen molar-refractivity contribution in [3.63, 3.8) is 0 Å². The number of carbonyl (C=O) groups excluding carboxylic acids is 1. The fourth-order valence-electron chi connectivity index (χ4n) is 4.29. The molecule has 2 atom stereocenters. The number of carbonyl (C=O) groups is 2. The predicted octanol–water partition coefficient (Wildman–Crippen LogP) is 2.44. The van der Waals surface area contributed by atoms with Crippen molar-refractivity contribution in [3.8, 4) is 0 Å². The number of alkyl halides is 3. The van der Waals surface area contributed by atoms with E-state index < -0.39 is 12.1 Å². The smallest absolute Gasteiger partial charge is 0.475 e. The van der Waals surface area contributed by atoms with Crippen LogP contribution in [-0.4, -0.2) is 75.8 Å². The van der Waals surface area contributed by atoms with E-state index in [0.29, 0.717) is 37.0 Å². The van der Waals surface area contributed by atoms with E-state index in [2.05, 4.69) is 20.2 Å². The van der Waals surface area contributed by atoms with Gasteiger partial charge in [-0.3, -0.25) is 9.69 Å². The van der Waals surface area contributed by atoms with Gasteiger partial charge in [0.05, 0.1) is 17.2 Å². The Balaban J connectivity index is 0.000000298. The van der Waals surface area contributed by atoms with E-state index in [-0.39, 0.29) is 0 Å². The van der Waals surface area contributed by atoms with Gasteiger partial charge in [-0.15, -0.1) is 11.3 Å². The average molecular weight is 435 g/mol. The monoisotopic (exact) mass is 435 g/mol. The van der Waals surface area contributed by atoms with Crippen molar-refractivity contribution in [1.82, 2.24) is 14.8 Å². The van der Waals surface area contributed by atoms with E-state index in [0.717, 1.165) is 49.7 Å². The van der Waals surface area contributed by atoms with Crippen LogP contribution in [0.25, 0.3) is 0 Å². The van der Waals surface area contributed by atoms with Gasteiger partial charge in [0, 0.05) is 49.7 Å². The number of carboxylic acids is 1. The predicted molar refractivity (Wildman–Crippen MR) is 98.4 cm³/mol. The molecule has 1 N–H and O–H groups in total. The Morgan fingerprint density at radius 1 is 1.31 bits per heavy atom. The van der Waals surface area contributed by atoms with Crippen LogP contribution in [0.5, 0.6) is 0 Å². The maximum absolute atomic E-state index is 12.5. The van der Waals surface area contributed by atoms with Crippen LogP contribution in [0.2, 0.25) is 0 Å². The van der Waals surface area contributed by atoms with Crippen LogP contribution < -0.4 is 0 Å². The molecule has 1 amide bonds. The molecule has 11 heteroatoms. The molecule has 0 aromatic carbocycles. The zero-order valence-electron chi connectivity index (χ0n) is 16.0. The van der Waals surface area contributed by atoms with E-state index in [9.17, 15) is 18.0 Å². The van der Waals surface area contributed by atoms with Gasteiger partial charge in [0.25, 0.3) is 0 Å². The number of hydrogen-bond acceptors (Lipinski definition) is 6. The lowest BCUT2D eigenvalue weighted by atomic mass is 10.0. The molecule has 4 heterocycles. The number of likely N-dealkylation sites (tertiary alicyclic amines) is 2. The Hall–Kier alpha value is -1.72. The number of nitrogens with zero attached hydrogens (tertiary/aromatic N) is 3. The number of hydrogen-bond donors (Lipinski definition) is 1. The molecule has 0 spiro atoms. The van der Waals surface area contributed by atoms with Crippen molar-refractivity contribution in [1.29, 1.82) is 0 Å². The van der Waals surface area contributed by atoms with Gasteiger partial charge >= 0.3 is 12.1 Å². The molecule has 1 aromatic rings. The summed E-state index contributed by atoms with van der Waals surface area (Å²) in [5.41, 5.74) is 1.04. The van der Waals surface area contributed by atoms with Crippen LogP contribution >= 0.6 is 11.3 Å². The van der Waals surface area contributed by atoms with Crippen LogP contribution in [0.15, 0.2) is 5.38 Å². The van der Waals surface area contributed by atoms with Crippen LogP contribution in [0.4, 0.5) is 13.2 Å². The summed E-state index contributed by atoms with van der Waals surface area (Å²) < 4.78 is 37.2. The molecule has 1 aromatic heterocycles. The first-order valence-corrected chi connectivity index (χ1v) is 10.4. The van der Waals surface area contributed by atoms with Gasteiger partial charge in [-0.2, -0.15) is 13.2 Å². The topological polar surface area (TPSA) is 83.0 Å². The summed E-state index contributed by atoms with van der Waals surface area (Å²) in [7, 11) is 0. The zero-order valence-corrected chi connectivity index (χ0v) is 16.8. The highest BCUT2D eigenvalue weighted by molar-refractivity contribution is 7.09. The van der Waals surface area contributed by atoms with Crippen molar-refractivity contribution in [2.45, 2.75) is 63.5 Å². The van der Waals surface area contributed by atoms with Gasteiger partial charge in [0.15, 0.2) is 0 Å². The third kappa shape index (κ3) is 5.26. The summed E-state index contributed by atoms with van der Waals surface area (Å²) in [4.78, 5) is 30.6. The molecule has 29 heavy (non-hydrogen) atoms. The third-order valence-corrected chi connectivity index (χ3v) is 6.38. The minimum Gasteiger partial charge on any atom is -0.475 e. The molecule has 0 aliphatic carbocycles. The minimum absolute atomic E-state index is 0.303. The Morgan fingerprint density at radius 2 is 1.97 bits per heavy atom. The van der Waals surface area contributed by atoms with Crippen molar-refractivity contribution in [2.24, 2.45) is 0 Å². The van der Waals surface area contributed by atoms with Crippen LogP contribution in [0.1, 0.15) is 36.4 Å². The molecule has 0 saturated carbocycles. The lowest BCUT2D eigenvalue weighted by Crippen LogP contribution is -2.44. The molecule has 0 unspecified atom stereocenters. The van der Waals surface area contributed by atoms with Gasteiger partial charge < -0.3 is 14.7 Å². The fourth-order valence-corrected chi connectivity index (χ4v) is 4.89. The molecule has 0 radical (unpaired) electrons. The van der Waals surface area contributed by atoms with Gasteiger partial charge in [-0.1, -0.05) is 0 Å². The Labute approximate surface area is 170 Å². The number of rotatable bonds is 3. The van der Waals surface area contributed by atoms with E-state index in [1.165, 1.54) is 0 Å². The number of aliphatic carboxylic acids is 1. The Kier molecular flexibility index (Phi) is 6.79. The first-order chi connectivity index (χ1) is 13.7. The number of aryl methyl sites for hydroxylation is 1. The fraction of sp³-hybridized carbons (Fsp3) is 0.722. The van der Waals surface area contributed by atoms with Crippen molar-refractivity contribution in [3.05, 3.63) is 16.1 Å². The molecule has 7 nitrogen and oxygen atoms in total. The van der Waals surface area contributed by atoms with Crippen molar-refractivity contribution >= 4 is 23.2 Å². The molecule has 3 aliphatic heterocycles. The van der Waals surface area contributed by atoms with Gasteiger partial charge in [0.2, 0.25) is 5.91 Å². The average Bonchev–Trinajstić information content (AvgIpc) is 3.33. The minimum atomic E-state index is -5.08. The highest BCUT2D eigenvalue weighted by Gasteiger charge is 2.48. The Morgan fingerprint density at radius 3 is 2.52 bits per heavy atom. The number of thiazole rings is 1. The maximum atomic E-state index is 12.5. The second-order valence-corrected chi connectivity index (χ2v) is 8.45. The lowest BCUT2D eigenvalue weighted by molar-refractivity contribution is -0.192. The molecular formula is C18H24F3N3O4S. The highest BCUT2D eigenvalue weighted by atomic mass is 32.1. The van der Waals surface area contributed by atoms with Crippen molar-refractivity contribution < 1.29 is 32.6 Å². The number of halogens is 3. The number of ether oxygens (including phenoxy) is 1. The summed E-state index contributed by atoms with van der Waals surface area (Å²) in [6, 6.07) is 1.41. The number of fused-ring (bicyclic) bond motifs is 1. The molecule has 3 aliphatic rings. The third-order valence-electron chi connectivity index (χ3n) is 5.56. The van der Waals surface area contributed by atoms with E-state index >= 15 is 0 Å². The molecule has 162 valence electrons.